The number of thiophene rings is 1. The van der Waals surface area contributed by atoms with Crippen LogP contribution in [0.25, 0.3) is 0 Å². The molecular formula is C13H20N2O2S2. The van der Waals surface area contributed by atoms with Gasteiger partial charge in [0.1, 0.15) is 4.21 Å². The smallest absolute Gasteiger partial charge is 0.252 e. The highest BCUT2D eigenvalue weighted by Crippen LogP contribution is 2.26. The van der Waals surface area contributed by atoms with Gasteiger partial charge in [-0.2, -0.15) is 4.31 Å². The highest BCUT2D eigenvalue weighted by Gasteiger charge is 2.27. The average Bonchev–Trinajstić information content (AvgIpc) is 2.86. The van der Waals surface area contributed by atoms with Gasteiger partial charge in [0.15, 0.2) is 0 Å². The van der Waals surface area contributed by atoms with Crippen molar-refractivity contribution in [1.29, 1.82) is 0 Å². The lowest BCUT2D eigenvalue weighted by molar-refractivity contribution is 0.429. The molecule has 106 valence electrons. The Morgan fingerprint density at radius 3 is 2.95 bits per heavy atom. The number of rotatable bonds is 5. The monoisotopic (exact) mass is 300 g/mol. The van der Waals surface area contributed by atoms with E-state index in [-0.39, 0.29) is 0 Å². The zero-order chi connectivity index (χ0) is 13.9. The van der Waals surface area contributed by atoms with Crippen molar-refractivity contribution in [2.24, 2.45) is 0 Å². The Balaban J connectivity index is 2.15. The molecule has 0 saturated carbocycles. The maximum Gasteiger partial charge on any atom is 0.252 e. The molecule has 0 amide bonds. The van der Waals surface area contributed by atoms with Gasteiger partial charge in [0.2, 0.25) is 0 Å². The van der Waals surface area contributed by atoms with Gasteiger partial charge in [-0.1, -0.05) is 18.6 Å². The predicted molar refractivity (Wildman–Crippen MR) is 78.8 cm³/mol. The van der Waals surface area contributed by atoms with Crippen LogP contribution < -0.4 is 5.32 Å². The van der Waals surface area contributed by atoms with Crippen LogP contribution in [0.2, 0.25) is 0 Å². The van der Waals surface area contributed by atoms with Crippen LogP contribution in [0, 0.1) is 0 Å². The second-order valence-electron chi connectivity index (χ2n) is 4.73. The second-order valence-corrected chi connectivity index (χ2v) is 7.81. The third kappa shape index (κ3) is 3.45. The molecule has 6 heteroatoms. The number of nitrogens with zero attached hydrogens (tertiary/aromatic N) is 1. The lowest BCUT2D eigenvalue weighted by Gasteiger charge is -2.24. The van der Waals surface area contributed by atoms with E-state index in [9.17, 15) is 8.42 Å². The molecule has 2 heterocycles. The van der Waals surface area contributed by atoms with Crippen molar-refractivity contribution in [3.8, 4) is 0 Å². The average molecular weight is 300 g/mol. The predicted octanol–water partition coefficient (Wildman–Crippen LogP) is 2.20. The van der Waals surface area contributed by atoms with Gasteiger partial charge in [0, 0.05) is 19.6 Å². The molecule has 2 rings (SSSR count). The number of sulfonamides is 1. The molecule has 0 spiro atoms. The molecular weight excluding hydrogens is 280 g/mol. The van der Waals surface area contributed by atoms with Crippen LogP contribution in [0.3, 0.4) is 0 Å². The van der Waals surface area contributed by atoms with Gasteiger partial charge >= 0.3 is 0 Å². The van der Waals surface area contributed by atoms with Gasteiger partial charge < -0.3 is 5.32 Å². The maximum absolute atomic E-state index is 12.5. The summed E-state index contributed by atoms with van der Waals surface area (Å²) >= 11 is 1.31. The van der Waals surface area contributed by atoms with Crippen molar-refractivity contribution in [2.75, 3.05) is 19.6 Å². The Kier molecular flexibility index (Phi) is 4.78. The molecule has 0 bridgehead atoms. The Morgan fingerprint density at radius 1 is 1.47 bits per heavy atom. The molecule has 1 aromatic rings. The van der Waals surface area contributed by atoms with E-state index in [4.69, 9.17) is 0 Å². The molecule has 0 atom stereocenters. The minimum absolute atomic E-state index is 0.454. The van der Waals surface area contributed by atoms with Crippen LogP contribution in [0.1, 0.15) is 25.8 Å². The highest BCUT2D eigenvalue weighted by molar-refractivity contribution is 7.91. The Labute approximate surface area is 119 Å². The van der Waals surface area contributed by atoms with Crippen molar-refractivity contribution in [3.63, 3.8) is 0 Å². The van der Waals surface area contributed by atoms with E-state index >= 15 is 0 Å². The molecule has 1 N–H and O–H groups in total. The van der Waals surface area contributed by atoms with Gasteiger partial charge in [-0.25, -0.2) is 8.42 Å². The number of hydrogen-bond acceptors (Lipinski definition) is 4. The maximum atomic E-state index is 12.5. The van der Waals surface area contributed by atoms with E-state index in [1.807, 2.05) is 19.2 Å². The topological polar surface area (TPSA) is 49.4 Å². The van der Waals surface area contributed by atoms with Crippen LogP contribution in [0.5, 0.6) is 0 Å². The molecule has 0 aromatic carbocycles. The van der Waals surface area contributed by atoms with Crippen LogP contribution in [0.15, 0.2) is 27.3 Å². The van der Waals surface area contributed by atoms with Gasteiger partial charge in [-0.05, 0) is 36.9 Å². The van der Waals surface area contributed by atoms with Crippen molar-refractivity contribution in [3.05, 3.63) is 28.7 Å². The summed E-state index contributed by atoms with van der Waals surface area (Å²) in [5.74, 6) is 0. The molecule has 1 aliphatic heterocycles. The molecule has 0 aliphatic carbocycles. The summed E-state index contributed by atoms with van der Waals surface area (Å²) in [5.41, 5.74) is 2.16. The fourth-order valence-electron chi connectivity index (χ4n) is 2.06. The molecule has 1 aromatic heterocycles. The van der Waals surface area contributed by atoms with E-state index in [1.54, 1.807) is 10.4 Å². The molecule has 0 fully saturated rings. The first-order valence-corrected chi connectivity index (χ1v) is 8.80. The summed E-state index contributed by atoms with van der Waals surface area (Å²) in [6.07, 6.45) is 2.91. The summed E-state index contributed by atoms with van der Waals surface area (Å²) in [4.78, 5) is 0. The number of hydrogen-bond donors (Lipinski definition) is 1. The van der Waals surface area contributed by atoms with Crippen LogP contribution in [-0.4, -0.2) is 32.4 Å². The molecule has 0 saturated heterocycles. The number of nitrogens with one attached hydrogen (secondary N) is 1. The van der Waals surface area contributed by atoms with Crippen molar-refractivity contribution < 1.29 is 8.42 Å². The summed E-state index contributed by atoms with van der Waals surface area (Å²) < 4.78 is 27.0. The SMILES string of the molecule is CCNCc1csc(S(=O)(=O)N2CCC=C(C)C2)c1. The normalized spacial score (nSPS) is 17.5. The first kappa shape index (κ1) is 14.7. The Bertz CT molecular complexity index is 561. The minimum atomic E-state index is -3.32. The fraction of sp³-hybridized carbons (Fsp3) is 0.538. The zero-order valence-corrected chi connectivity index (χ0v) is 13.0. The summed E-state index contributed by atoms with van der Waals surface area (Å²) in [5, 5.41) is 5.12. The van der Waals surface area contributed by atoms with E-state index in [1.165, 1.54) is 11.3 Å². The van der Waals surface area contributed by atoms with Crippen molar-refractivity contribution >= 4 is 21.4 Å². The van der Waals surface area contributed by atoms with Gasteiger partial charge in [-0.15, -0.1) is 11.3 Å². The standard InChI is InChI=1S/C13H20N2O2S2/c1-3-14-8-12-7-13(18-10-12)19(16,17)15-6-4-5-11(2)9-15/h5,7,10,14H,3-4,6,8-9H2,1-2H3. The van der Waals surface area contributed by atoms with Crippen molar-refractivity contribution in [1.82, 2.24) is 9.62 Å². The van der Waals surface area contributed by atoms with Crippen LogP contribution >= 0.6 is 11.3 Å². The Hall–Kier alpha value is -0.690. The van der Waals surface area contributed by atoms with Crippen LogP contribution in [0.4, 0.5) is 0 Å². The van der Waals surface area contributed by atoms with E-state index in [0.29, 0.717) is 17.3 Å². The summed E-state index contributed by atoms with van der Waals surface area (Å²) in [7, 11) is -3.32. The quantitative estimate of drug-likeness (QED) is 0.848. The lowest BCUT2D eigenvalue weighted by Crippen LogP contribution is -2.35. The van der Waals surface area contributed by atoms with Gasteiger partial charge in [0.05, 0.1) is 0 Å². The largest absolute Gasteiger partial charge is 0.313 e. The minimum Gasteiger partial charge on any atom is -0.313 e. The second kappa shape index (κ2) is 6.17. The molecule has 1 aliphatic rings. The zero-order valence-electron chi connectivity index (χ0n) is 11.3. The van der Waals surface area contributed by atoms with E-state index < -0.39 is 10.0 Å². The lowest BCUT2D eigenvalue weighted by atomic mass is 10.2. The summed E-state index contributed by atoms with van der Waals surface area (Å²) in [6, 6.07) is 1.79. The van der Waals surface area contributed by atoms with Gasteiger partial charge in [-0.3, -0.25) is 0 Å². The first-order chi connectivity index (χ1) is 9.04. The third-order valence-electron chi connectivity index (χ3n) is 3.10. The third-order valence-corrected chi connectivity index (χ3v) is 6.41. The van der Waals surface area contributed by atoms with E-state index in [0.717, 1.165) is 30.6 Å². The molecule has 19 heavy (non-hydrogen) atoms. The summed E-state index contributed by atoms with van der Waals surface area (Å²) in [6.45, 7) is 6.72. The first-order valence-electron chi connectivity index (χ1n) is 6.48. The van der Waals surface area contributed by atoms with Crippen LogP contribution in [-0.2, 0) is 16.6 Å². The highest BCUT2D eigenvalue weighted by atomic mass is 32.2. The molecule has 0 radical (unpaired) electrons. The van der Waals surface area contributed by atoms with Crippen molar-refractivity contribution in [2.45, 2.75) is 31.0 Å². The molecule has 4 nitrogen and oxygen atoms in total. The van der Waals surface area contributed by atoms with E-state index in [2.05, 4.69) is 11.4 Å². The Morgan fingerprint density at radius 2 is 2.26 bits per heavy atom. The fourth-order valence-corrected chi connectivity index (χ4v) is 4.92. The van der Waals surface area contributed by atoms with Gasteiger partial charge in [0.25, 0.3) is 10.0 Å². The molecule has 0 unspecified atom stereocenters.